The Labute approximate surface area is 127 Å². The van der Waals surface area contributed by atoms with Crippen LogP contribution in [0.15, 0.2) is 48.5 Å². The first-order chi connectivity index (χ1) is 10.1. The minimum Gasteiger partial charge on any atom is -0.389 e. The number of hydrogen-bond acceptors (Lipinski definition) is 2. The van der Waals surface area contributed by atoms with E-state index in [2.05, 4.69) is 43.4 Å². The standard InChI is InChI=1S/C19H25NO/c1-4-7-16-10-12-17(13-11-16)14(2)20-19-9-6-5-8-18(19)15(3)21/h5-6,8-15,20-21H,4,7H2,1-3H3. The number of aryl methyl sites for hydroxylation is 1. The summed E-state index contributed by atoms with van der Waals surface area (Å²) >= 11 is 0. The number of benzene rings is 2. The lowest BCUT2D eigenvalue weighted by Gasteiger charge is -2.20. The van der Waals surface area contributed by atoms with Gasteiger partial charge in [0, 0.05) is 17.3 Å². The van der Waals surface area contributed by atoms with Gasteiger partial charge in [-0.3, -0.25) is 0 Å². The lowest BCUT2D eigenvalue weighted by atomic mass is 10.0. The summed E-state index contributed by atoms with van der Waals surface area (Å²) in [4.78, 5) is 0. The Hall–Kier alpha value is -1.80. The van der Waals surface area contributed by atoms with Crippen LogP contribution in [0.25, 0.3) is 0 Å². The van der Waals surface area contributed by atoms with Crippen LogP contribution < -0.4 is 5.32 Å². The van der Waals surface area contributed by atoms with Gasteiger partial charge in [-0.15, -0.1) is 0 Å². The van der Waals surface area contributed by atoms with Gasteiger partial charge in [-0.2, -0.15) is 0 Å². The van der Waals surface area contributed by atoms with Crippen molar-refractivity contribution in [2.24, 2.45) is 0 Å². The highest BCUT2D eigenvalue weighted by atomic mass is 16.3. The molecule has 2 atom stereocenters. The van der Waals surface area contributed by atoms with Crippen LogP contribution in [0.5, 0.6) is 0 Å². The Bertz CT molecular complexity index is 560. The van der Waals surface area contributed by atoms with Crippen molar-refractivity contribution in [3.63, 3.8) is 0 Å². The van der Waals surface area contributed by atoms with Crippen LogP contribution >= 0.6 is 0 Å². The third kappa shape index (κ3) is 4.08. The molecule has 2 aromatic rings. The summed E-state index contributed by atoms with van der Waals surface area (Å²) in [6, 6.07) is 16.9. The van der Waals surface area contributed by atoms with Crippen LogP contribution in [0, 0.1) is 0 Å². The summed E-state index contributed by atoms with van der Waals surface area (Å²) in [6.45, 7) is 6.14. The third-order valence-electron chi connectivity index (χ3n) is 3.80. The Morgan fingerprint density at radius 3 is 2.29 bits per heavy atom. The van der Waals surface area contributed by atoms with Gasteiger partial charge >= 0.3 is 0 Å². The fourth-order valence-electron chi connectivity index (χ4n) is 2.57. The fourth-order valence-corrected chi connectivity index (χ4v) is 2.57. The molecule has 0 amide bonds. The number of anilines is 1. The van der Waals surface area contributed by atoms with Crippen LogP contribution in [-0.4, -0.2) is 5.11 Å². The van der Waals surface area contributed by atoms with Gasteiger partial charge in [0.2, 0.25) is 0 Å². The van der Waals surface area contributed by atoms with E-state index in [-0.39, 0.29) is 6.04 Å². The normalized spacial score (nSPS) is 13.7. The van der Waals surface area contributed by atoms with E-state index in [9.17, 15) is 5.11 Å². The number of hydrogen-bond donors (Lipinski definition) is 2. The molecule has 2 nitrogen and oxygen atoms in total. The van der Waals surface area contributed by atoms with E-state index >= 15 is 0 Å². The van der Waals surface area contributed by atoms with Gasteiger partial charge in [0.25, 0.3) is 0 Å². The highest BCUT2D eigenvalue weighted by Crippen LogP contribution is 2.26. The summed E-state index contributed by atoms with van der Waals surface area (Å²) in [7, 11) is 0. The molecular weight excluding hydrogens is 258 g/mol. The Morgan fingerprint density at radius 2 is 1.67 bits per heavy atom. The van der Waals surface area contributed by atoms with Gasteiger partial charge in [0.05, 0.1) is 6.10 Å². The highest BCUT2D eigenvalue weighted by molar-refractivity contribution is 5.53. The molecule has 0 heterocycles. The van der Waals surface area contributed by atoms with Crippen molar-refractivity contribution in [1.82, 2.24) is 0 Å². The van der Waals surface area contributed by atoms with E-state index in [1.807, 2.05) is 24.3 Å². The van der Waals surface area contributed by atoms with Gasteiger partial charge in [0.1, 0.15) is 0 Å². The van der Waals surface area contributed by atoms with Crippen molar-refractivity contribution in [2.75, 3.05) is 5.32 Å². The first-order valence-electron chi connectivity index (χ1n) is 7.74. The van der Waals surface area contributed by atoms with Gasteiger partial charge in [-0.1, -0.05) is 55.8 Å². The second kappa shape index (κ2) is 7.28. The maximum absolute atomic E-state index is 9.84. The van der Waals surface area contributed by atoms with Gasteiger partial charge < -0.3 is 10.4 Å². The van der Waals surface area contributed by atoms with Crippen molar-refractivity contribution in [1.29, 1.82) is 0 Å². The second-order valence-electron chi connectivity index (χ2n) is 5.62. The summed E-state index contributed by atoms with van der Waals surface area (Å²) < 4.78 is 0. The van der Waals surface area contributed by atoms with Gasteiger partial charge in [0.15, 0.2) is 0 Å². The zero-order valence-corrected chi connectivity index (χ0v) is 13.1. The lowest BCUT2D eigenvalue weighted by Crippen LogP contribution is -2.09. The first-order valence-corrected chi connectivity index (χ1v) is 7.74. The molecule has 21 heavy (non-hydrogen) atoms. The number of rotatable bonds is 6. The zero-order valence-electron chi connectivity index (χ0n) is 13.1. The molecule has 2 unspecified atom stereocenters. The largest absolute Gasteiger partial charge is 0.389 e. The number of aliphatic hydroxyl groups excluding tert-OH is 1. The first kappa shape index (κ1) is 15.6. The zero-order chi connectivity index (χ0) is 15.2. The molecule has 0 radical (unpaired) electrons. The van der Waals surface area contributed by atoms with Crippen molar-refractivity contribution in [2.45, 2.75) is 45.8 Å². The maximum atomic E-state index is 9.84. The molecule has 2 aromatic carbocycles. The number of para-hydroxylation sites is 1. The average Bonchev–Trinajstić information content (AvgIpc) is 2.48. The van der Waals surface area contributed by atoms with Crippen LogP contribution in [0.4, 0.5) is 5.69 Å². The van der Waals surface area contributed by atoms with E-state index in [0.717, 1.165) is 17.7 Å². The predicted octanol–water partition coefficient (Wildman–Crippen LogP) is 4.87. The van der Waals surface area contributed by atoms with E-state index in [4.69, 9.17) is 0 Å². The van der Waals surface area contributed by atoms with Crippen molar-refractivity contribution < 1.29 is 5.11 Å². The maximum Gasteiger partial charge on any atom is 0.0781 e. The van der Waals surface area contributed by atoms with Crippen molar-refractivity contribution >= 4 is 5.69 Å². The molecule has 0 spiro atoms. The molecule has 112 valence electrons. The minimum absolute atomic E-state index is 0.209. The average molecular weight is 283 g/mol. The molecule has 0 aliphatic carbocycles. The fraction of sp³-hybridized carbons (Fsp3) is 0.368. The summed E-state index contributed by atoms with van der Waals surface area (Å²) in [5.74, 6) is 0. The molecular formula is C19H25NO. The molecule has 2 rings (SSSR count). The van der Waals surface area contributed by atoms with Gasteiger partial charge in [-0.25, -0.2) is 0 Å². The van der Waals surface area contributed by atoms with Crippen LogP contribution in [0.2, 0.25) is 0 Å². The van der Waals surface area contributed by atoms with E-state index in [0.29, 0.717) is 0 Å². The molecule has 0 saturated carbocycles. The second-order valence-corrected chi connectivity index (χ2v) is 5.62. The third-order valence-corrected chi connectivity index (χ3v) is 3.80. The quantitative estimate of drug-likeness (QED) is 0.793. The van der Waals surface area contributed by atoms with Crippen LogP contribution in [-0.2, 0) is 6.42 Å². The minimum atomic E-state index is -0.465. The Balaban J connectivity index is 2.12. The molecule has 0 aliphatic rings. The van der Waals surface area contributed by atoms with E-state index in [1.165, 1.54) is 17.5 Å². The number of aliphatic hydroxyl groups is 1. The topological polar surface area (TPSA) is 32.3 Å². The lowest BCUT2D eigenvalue weighted by molar-refractivity contribution is 0.200. The molecule has 0 fully saturated rings. The summed E-state index contributed by atoms with van der Waals surface area (Å²) in [5, 5.41) is 13.3. The summed E-state index contributed by atoms with van der Waals surface area (Å²) in [5.41, 5.74) is 4.58. The van der Waals surface area contributed by atoms with E-state index in [1.54, 1.807) is 6.92 Å². The Kier molecular flexibility index (Phi) is 5.40. The molecule has 2 heteroatoms. The smallest absolute Gasteiger partial charge is 0.0781 e. The SMILES string of the molecule is CCCc1ccc(C(C)Nc2ccccc2C(C)O)cc1. The van der Waals surface area contributed by atoms with Gasteiger partial charge in [-0.05, 0) is 37.5 Å². The molecule has 0 saturated heterocycles. The van der Waals surface area contributed by atoms with Crippen molar-refractivity contribution in [3.05, 3.63) is 65.2 Å². The molecule has 0 bridgehead atoms. The highest BCUT2D eigenvalue weighted by Gasteiger charge is 2.10. The summed E-state index contributed by atoms with van der Waals surface area (Å²) in [6.07, 6.45) is 1.84. The molecule has 2 N–H and O–H groups in total. The predicted molar refractivity (Wildman–Crippen MR) is 89.6 cm³/mol. The molecule has 0 aliphatic heterocycles. The van der Waals surface area contributed by atoms with Crippen LogP contribution in [0.1, 0.15) is 56.0 Å². The molecule has 0 aromatic heterocycles. The van der Waals surface area contributed by atoms with E-state index < -0.39 is 6.10 Å². The monoisotopic (exact) mass is 283 g/mol. The van der Waals surface area contributed by atoms with Crippen molar-refractivity contribution in [3.8, 4) is 0 Å². The van der Waals surface area contributed by atoms with Crippen LogP contribution in [0.3, 0.4) is 0 Å². The Morgan fingerprint density at radius 1 is 1.00 bits per heavy atom. The number of nitrogens with one attached hydrogen (secondary N) is 1.